The summed E-state index contributed by atoms with van der Waals surface area (Å²) >= 11 is 3.43. The maximum absolute atomic E-state index is 8.96. The van der Waals surface area contributed by atoms with Crippen LogP contribution in [-0.4, -0.2) is 18.3 Å². The van der Waals surface area contributed by atoms with Crippen LogP contribution in [0.1, 0.15) is 17.2 Å². The SMILES string of the molecule is NC(CO)c1cc(Br)c2c(c1)CCO2. The number of aliphatic hydroxyl groups is 1. The van der Waals surface area contributed by atoms with Crippen LogP contribution >= 0.6 is 15.9 Å². The number of aliphatic hydroxyl groups excluding tert-OH is 1. The van der Waals surface area contributed by atoms with E-state index in [0.717, 1.165) is 28.8 Å². The fraction of sp³-hybridized carbons (Fsp3) is 0.400. The molecule has 3 N–H and O–H groups in total. The molecule has 14 heavy (non-hydrogen) atoms. The van der Waals surface area contributed by atoms with Crippen LogP contribution in [0.4, 0.5) is 0 Å². The summed E-state index contributed by atoms with van der Waals surface area (Å²) in [6.45, 7) is 0.692. The summed E-state index contributed by atoms with van der Waals surface area (Å²) in [5.74, 6) is 0.916. The first kappa shape index (κ1) is 9.96. The fourth-order valence-corrected chi connectivity index (χ4v) is 2.24. The molecule has 1 aliphatic rings. The highest BCUT2D eigenvalue weighted by Crippen LogP contribution is 2.35. The van der Waals surface area contributed by atoms with Gasteiger partial charge in [0.25, 0.3) is 0 Å². The van der Waals surface area contributed by atoms with Crippen LogP contribution in [0.15, 0.2) is 16.6 Å². The molecule has 1 atom stereocenters. The van der Waals surface area contributed by atoms with Gasteiger partial charge >= 0.3 is 0 Å². The fourth-order valence-electron chi connectivity index (χ4n) is 1.60. The molecule has 76 valence electrons. The molecule has 0 saturated carbocycles. The van der Waals surface area contributed by atoms with Gasteiger partial charge in [0.2, 0.25) is 0 Å². The van der Waals surface area contributed by atoms with E-state index in [-0.39, 0.29) is 12.6 Å². The molecule has 0 radical (unpaired) electrons. The number of nitrogens with two attached hydrogens (primary N) is 1. The number of ether oxygens (including phenoxy) is 1. The molecule has 2 rings (SSSR count). The zero-order valence-corrected chi connectivity index (χ0v) is 9.25. The van der Waals surface area contributed by atoms with Gasteiger partial charge in [-0.3, -0.25) is 0 Å². The maximum atomic E-state index is 8.96. The molecule has 0 saturated heterocycles. The topological polar surface area (TPSA) is 55.5 Å². The van der Waals surface area contributed by atoms with Crippen LogP contribution in [0.3, 0.4) is 0 Å². The van der Waals surface area contributed by atoms with Gasteiger partial charge in [-0.15, -0.1) is 0 Å². The summed E-state index contributed by atoms with van der Waals surface area (Å²) in [4.78, 5) is 0. The van der Waals surface area contributed by atoms with Crippen molar-refractivity contribution in [3.63, 3.8) is 0 Å². The second-order valence-electron chi connectivity index (χ2n) is 3.38. The monoisotopic (exact) mass is 257 g/mol. The Morgan fingerprint density at radius 3 is 3.07 bits per heavy atom. The summed E-state index contributed by atoms with van der Waals surface area (Å²) in [6.07, 6.45) is 0.917. The Labute approximate surface area is 91.0 Å². The van der Waals surface area contributed by atoms with Gasteiger partial charge in [0, 0.05) is 6.42 Å². The zero-order chi connectivity index (χ0) is 10.1. The van der Waals surface area contributed by atoms with Crippen molar-refractivity contribution < 1.29 is 9.84 Å². The Kier molecular flexibility index (Phi) is 2.76. The molecule has 0 spiro atoms. The third kappa shape index (κ3) is 1.65. The summed E-state index contributed by atoms with van der Waals surface area (Å²) in [5.41, 5.74) is 7.86. The van der Waals surface area contributed by atoms with E-state index in [1.54, 1.807) is 0 Å². The first-order chi connectivity index (χ1) is 6.72. The highest BCUT2D eigenvalue weighted by molar-refractivity contribution is 9.10. The molecule has 0 aromatic heterocycles. The molecule has 0 amide bonds. The molecule has 0 fully saturated rings. The van der Waals surface area contributed by atoms with E-state index in [9.17, 15) is 0 Å². The van der Waals surface area contributed by atoms with Crippen LogP contribution in [-0.2, 0) is 6.42 Å². The van der Waals surface area contributed by atoms with E-state index < -0.39 is 0 Å². The standard InChI is InChI=1S/C10H12BrNO2/c11-8-4-7(9(12)5-13)3-6-1-2-14-10(6)8/h3-4,9,13H,1-2,5,12H2. The van der Waals surface area contributed by atoms with Gasteiger partial charge in [0.05, 0.1) is 23.7 Å². The number of hydrogen-bond donors (Lipinski definition) is 2. The minimum absolute atomic E-state index is 0.0356. The summed E-state index contributed by atoms with van der Waals surface area (Å²) < 4.78 is 6.37. The van der Waals surface area contributed by atoms with Crippen molar-refractivity contribution in [2.75, 3.05) is 13.2 Å². The minimum atomic E-state index is -0.308. The highest BCUT2D eigenvalue weighted by Gasteiger charge is 2.18. The summed E-state index contributed by atoms with van der Waals surface area (Å²) in [5, 5.41) is 8.96. The third-order valence-electron chi connectivity index (χ3n) is 2.39. The number of benzene rings is 1. The molecule has 4 heteroatoms. The molecule has 0 aliphatic carbocycles. The predicted octanol–water partition coefficient (Wildman–Crippen LogP) is 1.38. The molecule has 1 unspecified atom stereocenters. The van der Waals surface area contributed by atoms with Gasteiger partial charge in [0.15, 0.2) is 0 Å². The Balaban J connectivity index is 2.41. The van der Waals surface area contributed by atoms with Gasteiger partial charge < -0.3 is 15.6 Å². The lowest BCUT2D eigenvalue weighted by atomic mass is 10.0. The summed E-state index contributed by atoms with van der Waals surface area (Å²) in [6, 6.07) is 3.61. The molecular formula is C10H12BrNO2. The second-order valence-corrected chi connectivity index (χ2v) is 4.23. The van der Waals surface area contributed by atoms with Crippen molar-refractivity contribution in [3.05, 3.63) is 27.7 Å². The lowest BCUT2D eigenvalue weighted by Crippen LogP contribution is -2.14. The molecule has 1 aliphatic heterocycles. The maximum Gasteiger partial charge on any atom is 0.136 e. The molecular weight excluding hydrogens is 246 g/mol. The lowest BCUT2D eigenvalue weighted by molar-refractivity contribution is 0.268. The first-order valence-electron chi connectivity index (χ1n) is 4.54. The van der Waals surface area contributed by atoms with Crippen LogP contribution in [0.2, 0.25) is 0 Å². The van der Waals surface area contributed by atoms with E-state index in [4.69, 9.17) is 15.6 Å². The Bertz CT molecular complexity index is 354. The third-order valence-corrected chi connectivity index (χ3v) is 2.97. The van der Waals surface area contributed by atoms with E-state index in [2.05, 4.69) is 15.9 Å². The van der Waals surface area contributed by atoms with Crippen molar-refractivity contribution in [1.82, 2.24) is 0 Å². The van der Waals surface area contributed by atoms with Crippen LogP contribution < -0.4 is 10.5 Å². The average Bonchev–Trinajstić information content (AvgIpc) is 2.64. The quantitative estimate of drug-likeness (QED) is 0.842. The molecule has 1 aromatic rings. The normalized spacial score (nSPS) is 16.2. The average molecular weight is 258 g/mol. The van der Waals surface area contributed by atoms with Crippen molar-refractivity contribution in [2.45, 2.75) is 12.5 Å². The predicted molar refractivity (Wildman–Crippen MR) is 57.4 cm³/mol. The Hall–Kier alpha value is -0.580. The number of fused-ring (bicyclic) bond motifs is 1. The highest BCUT2D eigenvalue weighted by atomic mass is 79.9. The van der Waals surface area contributed by atoms with Gasteiger partial charge in [-0.2, -0.15) is 0 Å². The number of rotatable bonds is 2. The molecule has 3 nitrogen and oxygen atoms in total. The lowest BCUT2D eigenvalue weighted by Gasteiger charge is -2.11. The molecule has 1 aromatic carbocycles. The minimum Gasteiger partial charge on any atom is -0.492 e. The van der Waals surface area contributed by atoms with E-state index in [1.807, 2.05) is 12.1 Å². The van der Waals surface area contributed by atoms with Gasteiger partial charge in [-0.1, -0.05) is 6.07 Å². The van der Waals surface area contributed by atoms with Crippen LogP contribution in [0.5, 0.6) is 5.75 Å². The van der Waals surface area contributed by atoms with E-state index in [1.165, 1.54) is 5.56 Å². The smallest absolute Gasteiger partial charge is 0.136 e. The second kappa shape index (κ2) is 3.88. The van der Waals surface area contributed by atoms with Gasteiger partial charge in [0.1, 0.15) is 5.75 Å². The Morgan fingerprint density at radius 1 is 1.57 bits per heavy atom. The molecule has 0 bridgehead atoms. The zero-order valence-electron chi connectivity index (χ0n) is 7.66. The van der Waals surface area contributed by atoms with Crippen molar-refractivity contribution in [3.8, 4) is 5.75 Å². The molecule has 1 heterocycles. The first-order valence-corrected chi connectivity index (χ1v) is 5.33. The van der Waals surface area contributed by atoms with E-state index in [0.29, 0.717) is 0 Å². The van der Waals surface area contributed by atoms with Crippen LogP contribution in [0, 0.1) is 0 Å². The van der Waals surface area contributed by atoms with E-state index >= 15 is 0 Å². The Morgan fingerprint density at radius 2 is 2.36 bits per heavy atom. The van der Waals surface area contributed by atoms with Crippen LogP contribution in [0.25, 0.3) is 0 Å². The van der Waals surface area contributed by atoms with Crippen molar-refractivity contribution >= 4 is 15.9 Å². The van der Waals surface area contributed by atoms with Crippen molar-refractivity contribution in [2.24, 2.45) is 5.73 Å². The van der Waals surface area contributed by atoms with Crippen molar-refractivity contribution in [1.29, 1.82) is 0 Å². The summed E-state index contributed by atoms with van der Waals surface area (Å²) in [7, 11) is 0. The number of halogens is 1. The van der Waals surface area contributed by atoms with Gasteiger partial charge in [-0.25, -0.2) is 0 Å². The largest absolute Gasteiger partial charge is 0.492 e. The van der Waals surface area contributed by atoms with Gasteiger partial charge in [-0.05, 0) is 33.1 Å². The number of hydrogen-bond acceptors (Lipinski definition) is 3.